The second-order valence-corrected chi connectivity index (χ2v) is 5.69. The fourth-order valence-corrected chi connectivity index (χ4v) is 2.58. The minimum atomic E-state index is 0.297. The summed E-state index contributed by atoms with van der Waals surface area (Å²) in [6.45, 7) is 10.4. The summed E-state index contributed by atoms with van der Waals surface area (Å²) in [4.78, 5) is 8.95. The van der Waals surface area contributed by atoms with Gasteiger partial charge in [-0.1, -0.05) is 6.92 Å². The minimum absolute atomic E-state index is 0.297. The highest BCUT2D eigenvalue weighted by molar-refractivity contribution is 5.38. The number of nitrogens with one attached hydrogen (secondary N) is 1. The molecule has 0 amide bonds. The summed E-state index contributed by atoms with van der Waals surface area (Å²) in [6, 6.07) is 2.30. The number of aryl methyl sites for hydroxylation is 4. The molecular weight excluding hydrogens is 262 g/mol. The molecule has 0 bridgehead atoms. The van der Waals surface area contributed by atoms with Gasteiger partial charge in [0.1, 0.15) is 11.6 Å². The molecule has 0 radical (unpaired) electrons. The number of hydrogen-bond donors (Lipinski definition) is 1. The molecule has 2 aromatic rings. The van der Waals surface area contributed by atoms with Crippen LogP contribution in [0.5, 0.6) is 0 Å². The Morgan fingerprint density at radius 1 is 1.24 bits per heavy atom. The molecule has 1 atom stereocenters. The summed E-state index contributed by atoms with van der Waals surface area (Å²) < 4.78 is 1.95. The predicted octanol–water partition coefficient (Wildman–Crippen LogP) is 2.74. The van der Waals surface area contributed by atoms with Crippen molar-refractivity contribution in [2.45, 2.75) is 53.5 Å². The van der Waals surface area contributed by atoms with Crippen molar-refractivity contribution in [2.24, 2.45) is 7.05 Å². The summed E-state index contributed by atoms with van der Waals surface area (Å²) in [5.41, 5.74) is 4.66. The first-order valence-electron chi connectivity index (χ1n) is 7.50. The largest absolute Gasteiger partial charge is 0.367 e. The van der Waals surface area contributed by atoms with Crippen molar-refractivity contribution in [3.63, 3.8) is 0 Å². The number of hydrogen-bond acceptors (Lipinski definition) is 4. The lowest BCUT2D eigenvalue weighted by atomic mass is 10.1. The van der Waals surface area contributed by atoms with Crippen LogP contribution in [0.2, 0.25) is 0 Å². The van der Waals surface area contributed by atoms with E-state index in [-0.39, 0.29) is 0 Å². The Morgan fingerprint density at radius 3 is 2.52 bits per heavy atom. The van der Waals surface area contributed by atoms with Crippen LogP contribution in [0.25, 0.3) is 0 Å². The van der Waals surface area contributed by atoms with E-state index in [0.717, 1.165) is 35.9 Å². The standard InChI is InChI=1S/C16H25N5/c1-7-15-17-11(3)9-16(19-15)18-10(2)8-14-12(4)20-21(6)13(14)5/h9-10H,7-8H2,1-6H3,(H,17,18,19)/t10-/m1/s1. The fourth-order valence-electron chi connectivity index (χ4n) is 2.58. The molecule has 5 heteroatoms. The van der Waals surface area contributed by atoms with Crippen molar-refractivity contribution in [1.29, 1.82) is 0 Å². The van der Waals surface area contributed by atoms with Crippen LogP contribution in [0.4, 0.5) is 5.82 Å². The third-order valence-electron chi connectivity index (χ3n) is 3.78. The maximum absolute atomic E-state index is 4.54. The topological polar surface area (TPSA) is 55.6 Å². The molecule has 0 aliphatic carbocycles. The van der Waals surface area contributed by atoms with Crippen LogP contribution in [-0.2, 0) is 19.9 Å². The second kappa shape index (κ2) is 6.24. The van der Waals surface area contributed by atoms with Crippen LogP contribution in [-0.4, -0.2) is 25.8 Å². The molecule has 21 heavy (non-hydrogen) atoms. The van der Waals surface area contributed by atoms with Gasteiger partial charge in [-0.2, -0.15) is 5.10 Å². The van der Waals surface area contributed by atoms with E-state index < -0.39 is 0 Å². The summed E-state index contributed by atoms with van der Waals surface area (Å²) in [5.74, 6) is 1.80. The van der Waals surface area contributed by atoms with E-state index >= 15 is 0 Å². The molecule has 2 aromatic heterocycles. The number of aromatic nitrogens is 4. The van der Waals surface area contributed by atoms with E-state index in [4.69, 9.17) is 0 Å². The quantitative estimate of drug-likeness (QED) is 0.918. The van der Waals surface area contributed by atoms with E-state index in [1.807, 2.05) is 24.7 Å². The van der Waals surface area contributed by atoms with Crippen LogP contribution in [0.15, 0.2) is 6.07 Å². The Kier molecular flexibility index (Phi) is 4.60. The first kappa shape index (κ1) is 15.5. The highest BCUT2D eigenvalue weighted by Crippen LogP contribution is 2.16. The molecule has 0 fully saturated rings. The average molecular weight is 287 g/mol. The van der Waals surface area contributed by atoms with Crippen LogP contribution in [0, 0.1) is 20.8 Å². The number of rotatable bonds is 5. The molecule has 0 saturated carbocycles. The zero-order valence-corrected chi connectivity index (χ0v) is 13.9. The fraction of sp³-hybridized carbons (Fsp3) is 0.562. The molecule has 114 valence electrons. The molecule has 0 aromatic carbocycles. The minimum Gasteiger partial charge on any atom is -0.367 e. The Morgan fingerprint density at radius 2 is 1.95 bits per heavy atom. The van der Waals surface area contributed by atoms with Crippen molar-refractivity contribution < 1.29 is 0 Å². The number of nitrogens with zero attached hydrogens (tertiary/aromatic N) is 4. The summed E-state index contributed by atoms with van der Waals surface area (Å²) in [6.07, 6.45) is 1.79. The third kappa shape index (κ3) is 3.60. The van der Waals surface area contributed by atoms with Gasteiger partial charge in [0.2, 0.25) is 0 Å². The Balaban J connectivity index is 2.11. The molecule has 5 nitrogen and oxygen atoms in total. The monoisotopic (exact) mass is 287 g/mol. The van der Waals surface area contributed by atoms with Gasteiger partial charge in [0.15, 0.2) is 0 Å². The SMILES string of the molecule is CCc1nc(C)cc(N[C@H](C)Cc2c(C)nn(C)c2C)n1. The predicted molar refractivity (Wildman–Crippen MR) is 85.6 cm³/mol. The molecule has 0 aliphatic heterocycles. The first-order chi connectivity index (χ1) is 9.90. The zero-order valence-electron chi connectivity index (χ0n) is 13.9. The molecule has 0 unspecified atom stereocenters. The Hall–Kier alpha value is -1.91. The van der Waals surface area contributed by atoms with E-state index in [1.165, 1.54) is 11.3 Å². The third-order valence-corrected chi connectivity index (χ3v) is 3.78. The van der Waals surface area contributed by atoms with Gasteiger partial charge in [0, 0.05) is 37.0 Å². The van der Waals surface area contributed by atoms with E-state index in [2.05, 4.69) is 48.1 Å². The average Bonchev–Trinajstić information content (AvgIpc) is 2.64. The summed E-state index contributed by atoms with van der Waals surface area (Å²) in [7, 11) is 1.99. The van der Waals surface area contributed by atoms with Gasteiger partial charge < -0.3 is 5.32 Å². The highest BCUT2D eigenvalue weighted by atomic mass is 15.3. The zero-order chi connectivity index (χ0) is 15.6. The van der Waals surface area contributed by atoms with Gasteiger partial charge >= 0.3 is 0 Å². The van der Waals surface area contributed by atoms with Crippen LogP contribution in [0.1, 0.15) is 42.3 Å². The maximum atomic E-state index is 4.54. The lowest BCUT2D eigenvalue weighted by molar-refractivity contribution is 0.726. The summed E-state index contributed by atoms with van der Waals surface area (Å²) >= 11 is 0. The lowest BCUT2D eigenvalue weighted by Crippen LogP contribution is -2.20. The van der Waals surface area contributed by atoms with Gasteiger partial charge in [0.25, 0.3) is 0 Å². The van der Waals surface area contributed by atoms with Gasteiger partial charge in [-0.25, -0.2) is 9.97 Å². The van der Waals surface area contributed by atoms with Gasteiger partial charge in [-0.15, -0.1) is 0 Å². The van der Waals surface area contributed by atoms with Crippen molar-refractivity contribution in [3.05, 3.63) is 34.5 Å². The lowest BCUT2D eigenvalue weighted by Gasteiger charge is -2.15. The Labute approximate surface area is 126 Å². The first-order valence-corrected chi connectivity index (χ1v) is 7.50. The second-order valence-electron chi connectivity index (χ2n) is 5.69. The smallest absolute Gasteiger partial charge is 0.130 e. The van der Waals surface area contributed by atoms with Crippen LogP contribution in [0.3, 0.4) is 0 Å². The maximum Gasteiger partial charge on any atom is 0.130 e. The van der Waals surface area contributed by atoms with E-state index in [1.54, 1.807) is 0 Å². The molecule has 2 heterocycles. The Bertz CT molecular complexity index is 630. The molecule has 0 aliphatic rings. The van der Waals surface area contributed by atoms with E-state index in [9.17, 15) is 0 Å². The van der Waals surface area contributed by atoms with E-state index in [0.29, 0.717) is 6.04 Å². The van der Waals surface area contributed by atoms with Crippen LogP contribution < -0.4 is 5.32 Å². The highest BCUT2D eigenvalue weighted by Gasteiger charge is 2.13. The normalized spacial score (nSPS) is 12.5. The summed E-state index contributed by atoms with van der Waals surface area (Å²) in [5, 5.41) is 7.96. The van der Waals surface area contributed by atoms with Crippen LogP contribution >= 0.6 is 0 Å². The van der Waals surface area contributed by atoms with Gasteiger partial charge in [-0.05, 0) is 39.7 Å². The van der Waals surface area contributed by atoms with Gasteiger partial charge in [-0.3, -0.25) is 4.68 Å². The molecule has 0 spiro atoms. The molecule has 2 rings (SSSR count). The van der Waals surface area contributed by atoms with Crippen molar-refractivity contribution in [2.75, 3.05) is 5.32 Å². The van der Waals surface area contributed by atoms with Crippen molar-refractivity contribution in [1.82, 2.24) is 19.7 Å². The van der Waals surface area contributed by atoms with Crippen molar-refractivity contribution in [3.8, 4) is 0 Å². The van der Waals surface area contributed by atoms with Crippen molar-refractivity contribution >= 4 is 5.82 Å². The molecular formula is C16H25N5. The van der Waals surface area contributed by atoms with Gasteiger partial charge in [0.05, 0.1) is 5.69 Å². The molecule has 0 saturated heterocycles. The number of anilines is 1. The molecule has 1 N–H and O–H groups in total.